The molecular weight excluding hydrogens is 152 g/mol. The van der Waals surface area contributed by atoms with E-state index in [9.17, 15) is 0 Å². The number of ether oxygens (including phenoxy) is 2. The molecule has 2 nitrogen and oxygen atoms in total. The number of methoxy groups -OCH3 is 2. The van der Waals surface area contributed by atoms with Gasteiger partial charge in [-0.1, -0.05) is 6.58 Å². The number of rotatable bonds is 4. The van der Waals surface area contributed by atoms with Gasteiger partial charge in [-0.3, -0.25) is 0 Å². The summed E-state index contributed by atoms with van der Waals surface area (Å²) in [6.07, 6.45) is 3.67. The van der Waals surface area contributed by atoms with E-state index in [1.54, 1.807) is 14.2 Å². The molecule has 0 heterocycles. The average Bonchev–Trinajstić information content (AvgIpc) is 2.06. The largest absolute Gasteiger partial charge is 0.497 e. The lowest BCUT2D eigenvalue weighted by Crippen LogP contribution is -1.90. The van der Waals surface area contributed by atoms with E-state index in [0.29, 0.717) is 0 Å². The van der Waals surface area contributed by atoms with Gasteiger partial charge in [-0.2, -0.15) is 0 Å². The van der Waals surface area contributed by atoms with Crippen molar-refractivity contribution < 1.29 is 9.47 Å². The molecule has 0 aliphatic heterocycles. The smallest absolute Gasteiger partial charge is 0.124 e. The van der Waals surface area contributed by atoms with E-state index in [2.05, 4.69) is 6.58 Å². The Kier molecular flexibility index (Phi) is 4.93. The van der Waals surface area contributed by atoms with Crippen molar-refractivity contribution in [3.63, 3.8) is 0 Å². The van der Waals surface area contributed by atoms with Gasteiger partial charge in [0.15, 0.2) is 0 Å². The summed E-state index contributed by atoms with van der Waals surface area (Å²) >= 11 is 0. The second-order valence-electron chi connectivity index (χ2n) is 2.39. The van der Waals surface area contributed by atoms with Crippen molar-refractivity contribution in [1.82, 2.24) is 0 Å². The Morgan fingerprint density at radius 1 is 1.25 bits per heavy atom. The minimum atomic E-state index is 0.741. The summed E-state index contributed by atoms with van der Waals surface area (Å²) in [6, 6.07) is 0. The van der Waals surface area contributed by atoms with E-state index in [-0.39, 0.29) is 0 Å². The SMILES string of the molecule is C=C(C)/C(=C\C(=C/C)OC)OC. The Morgan fingerprint density at radius 2 is 1.83 bits per heavy atom. The van der Waals surface area contributed by atoms with Crippen LogP contribution in [-0.2, 0) is 9.47 Å². The first-order valence-electron chi connectivity index (χ1n) is 3.77. The first-order chi connectivity index (χ1) is 5.65. The van der Waals surface area contributed by atoms with Crippen molar-refractivity contribution in [3.05, 3.63) is 35.8 Å². The molecule has 68 valence electrons. The number of hydrogen-bond acceptors (Lipinski definition) is 2. The molecule has 0 bridgehead atoms. The van der Waals surface area contributed by atoms with Gasteiger partial charge in [-0.25, -0.2) is 0 Å². The second kappa shape index (κ2) is 5.47. The molecular formula is C10H16O2. The maximum absolute atomic E-state index is 5.09. The van der Waals surface area contributed by atoms with Crippen LogP contribution in [0.5, 0.6) is 0 Å². The van der Waals surface area contributed by atoms with Crippen LogP contribution in [0, 0.1) is 0 Å². The Bertz CT molecular complexity index is 212. The summed E-state index contributed by atoms with van der Waals surface area (Å²) in [5.41, 5.74) is 0.883. The fourth-order valence-corrected chi connectivity index (χ4v) is 0.746. The highest BCUT2D eigenvalue weighted by atomic mass is 16.5. The van der Waals surface area contributed by atoms with E-state index in [1.807, 2.05) is 26.0 Å². The highest BCUT2D eigenvalue weighted by molar-refractivity contribution is 5.27. The van der Waals surface area contributed by atoms with Crippen LogP contribution >= 0.6 is 0 Å². The highest BCUT2D eigenvalue weighted by Gasteiger charge is 1.98. The molecule has 0 fully saturated rings. The van der Waals surface area contributed by atoms with E-state index in [1.165, 1.54) is 0 Å². The lowest BCUT2D eigenvalue weighted by Gasteiger charge is -2.06. The normalized spacial score (nSPS) is 12.7. The maximum atomic E-state index is 5.09. The van der Waals surface area contributed by atoms with Crippen LogP contribution in [0.4, 0.5) is 0 Å². The van der Waals surface area contributed by atoms with Crippen LogP contribution in [0.3, 0.4) is 0 Å². The Hall–Kier alpha value is -1.18. The van der Waals surface area contributed by atoms with Gasteiger partial charge >= 0.3 is 0 Å². The standard InChI is InChI=1S/C10H16O2/c1-6-9(11-4)7-10(12-5)8(2)3/h6-7H,2H2,1,3-5H3/b9-6+,10-7+. The van der Waals surface area contributed by atoms with Crippen molar-refractivity contribution in [1.29, 1.82) is 0 Å². The van der Waals surface area contributed by atoms with Gasteiger partial charge in [-0.05, 0) is 25.5 Å². The Morgan fingerprint density at radius 3 is 2.08 bits per heavy atom. The fourth-order valence-electron chi connectivity index (χ4n) is 0.746. The average molecular weight is 168 g/mol. The molecule has 12 heavy (non-hydrogen) atoms. The summed E-state index contributed by atoms with van der Waals surface area (Å²) < 4.78 is 10.1. The van der Waals surface area contributed by atoms with Gasteiger partial charge in [0.05, 0.1) is 14.2 Å². The van der Waals surface area contributed by atoms with Crippen LogP contribution in [0.15, 0.2) is 35.8 Å². The van der Waals surface area contributed by atoms with Gasteiger partial charge in [0.2, 0.25) is 0 Å². The molecule has 0 aromatic heterocycles. The molecule has 0 atom stereocenters. The van der Waals surface area contributed by atoms with Crippen molar-refractivity contribution in [2.45, 2.75) is 13.8 Å². The Balaban J connectivity index is 4.58. The minimum Gasteiger partial charge on any atom is -0.497 e. The number of hydrogen-bond donors (Lipinski definition) is 0. The molecule has 0 aliphatic carbocycles. The van der Waals surface area contributed by atoms with Gasteiger partial charge in [0.1, 0.15) is 11.5 Å². The third-order valence-corrected chi connectivity index (χ3v) is 1.43. The molecule has 0 rings (SSSR count). The van der Waals surface area contributed by atoms with Crippen LogP contribution in [-0.4, -0.2) is 14.2 Å². The van der Waals surface area contributed by atoms with Crippen molar-refractivity contribution >= 4 is 0 Å². The van der Waals surface area contributed by atoms with Gasteiger partial charge in [0, 0.05) is 6.08 Å². The summed E-state index contributed by atoms with van der Waals surface area (Å²) in [5.74, 6) is 1.51. The van der Waals surface area contributed by atoms with Crippen molar-refractivity contribution in [2.24, 2.45) is 0 Å². The molecule has 0 amide bonds. The minimum absolute atomic E-state index is 0.741. The third kappa shape index (κ3) is 3.28. The van der Waals surface area contributed by atoms with E-state index in [4.69, 9.17) is 9.47 Å². The lowest BCUT2D eigenvalue weighted by molar-refractivity contribution is 0.281. The van der Waals surface area contributed by atoms with Crippen molar-refractivity contribution in [2.75, 3.05) is 14.2 Å². The fraction of sp³-hybridized carbons (Fsp3) is 0.400. The predicted octanol–water partition coefficient (Wildman–Crippen LogP) is 2.64. The highest BCUT2D eigenvalue weighted by Crippen LogP contribution is 2.11. The molecule has 0 saturated carbocycles. The molecule has 0 unspecified atom stereocenters. The quantitative estimate of drug-likeness (QED) is 0.474. The lowest BCUT2D eigenvalue weighted by atomic mass is 10.2. The molecule has 0 aromatic rings. The van der Waals surface area contributed by atoms with E-state index < -0.39 is 0 Å². The van der Waals surface area contributed by atoms with Gasteiger partial charge < -0.3 is 9.47 Å². The zero-order valence-corrected chi connectivity index (χ0v) is 8.18. The maximum Gasteiger partial charge on any atom is 0.124 e. The topological polar surface area (TPSA) is 18.5 Å². The van der Waals surface area contributed by atoms with Crippen LogP contribution in [0.1, 0.15) is 13.8 Å². The first-order valence-corrected chi connectivity index (χ1v) is 3.77. The molecule has 0 aliphatic rings. The van der Waals surface area contributed by atoms with Gasteiger partial charge in [-0.15, -0.1) is 0 Å². The summed E-state index contributed by atoms with van der Waals surface area (Å²) in [7, 11) is 3.24. The van der Waals surface area contributed by atoms with E-state index >= 15 is 0 Å². The molecule has 0 aromatic carbocycles. The van der Waals surface area contributed by atoms with Crippen LogP contribution in [0.2, 0.25) is 0 Å². The molecule has 0 saturated heterocycles. The van der Waals surface area contributed by atoms with Crippen LogP contribution in [0.25, 0.3) is 0 Å². The first kappa shape index (κ1) is 10.8. The summed E-state index contributed by atoms with van der Waals surface area (Å²) in [4.78, 5) is 0. The summed E-state index contributed by atoms with van der Waals surface area (Å²) in [5, 5.41) is 0. The third-order valence-electron chi connectivity index (χ3n) is 1.43. The second-order valence-corrected chi connectivity index (χ2v) is 2.39. The van der Waals surface area contributed by atoms with Crippen LogP contribution < -0.4 is 0 Å². The predicted molar refractivity (Wildman–Crippen MR) is 50.7 cm³/mol. The summed E-state index contributed by atoms with van der Waals surface area (Å²) in [6.45, 7) is 7.56. The molecule has 2 heteroatoms. The molecule has 0 spiro atoms. The zero-order chi connectivity index (χ0) is 9.56. The monoisotopic (exact) mass is 168 g/mol. The van der Waals surface area contributed by atoms with Crippen molar-refractivity contribution in [3.8, 4) is 0 Å². The molecule has 0 radical (unpaired) electrons. The molecule has 0 N–H and O–H groups in total. The Labute approximate surface area is 74.2 Å². The van der Waals surface area contributed by atoms with Gasteiger partial charge in [0.25, 0.3) is 0 Å². The zero-order valence-electron chi connectivity index (χ0n) is 8.18. The number of allylic oxidation sites excluding steroid dienone is 3. The van der Waals surface area contributed by atoms with E-state index in [0.717, 1.165) is 17.1 Å².